The van der Waals surface area contributed by atoms with Gasteiger partial charge in [0.2, 0.25) is 5.95 Å². The van der Waals surface area contributed by atoms with Crippen molar-refractivity contribution in [3.05, 3.63) is 10.4 Å². The molecule has 0 atom stereocenters. The molecule has 0 aliphatic carbocycles. The molecule has 0 spiro atoms. The van der Waals surface area contributed by atoms with Gasteiger partial charge >= 0.3 is 7.60 Å². The van der Waals surface area contributed by atoms with E-state index in [4.69, 9.17) is 20.3 Å². The molecule has 0 aromatic carbocycles. The Labute approximate surface area is 114 Å². The van der Waals surface area contributed by atoms with E-state index in [9.17, 15) is 9.36 Å². The van der Waals surface area contributed by atoms with Crippen LogP contribution in [-0.4, -0.2) is 45.9 Å². The van der Waals surface area contributed by atoms with Crippen molar-refractivity contribution in [2.45, 2.75) is 6.42 Å². The van der Waals surface area contributed by atoms with Crippen LogP contribution in [0.25, 0.3) is 0 Å². The van der Waals surface area contributed by atoms with Gasteiger partial charge in [-0.25, -0.2) is 0 Å². The maximum atomic E-state index is 11.6. The highest BCUT2D eigenvalue weighted by molar-refractivity contribution is 7.51. The van der Waals surface area contributed by atoms with Gasteiger partial charge < -0.3 is 30.5 Å². The van der Waals surface area contributed by atoms with Gasteiger partial charge in [0.1, 0.15) is 12.0 Å². The van der Waals surface area contributed by atoms with Gasteiger partial charge in [-0.15, -0.1) is 0 Å². The normalized spacial score (nSPS) is 14.2. The molecule has 20 heavy (non-hydrogen) atoms. The number of hydrogen-bond acceptors (Lipinski definition) is 7. The quantitative estimate of drug-likeness (QED) is 0.331. The number of ether oxygens (including phenoxy) is 1. The van der Waals surface area contributed by atoms with Crippen LogP contribution >= 0.6 is 7.60 Å². The largest absolute Gasteiger partial charge is 0.369 e. The lowest BCUT2D eigenvalue weighted by Crippen LogP contribution is -2.25. The molecule has 2 rings (SSSR count). The van der Waals surface area contributed by atoms with E-state index in [2.05, 4.69) is 15.3 Å². The van der Waals surface area contributed by atoms with E-state index in [0.717, 1.165) is 0 Å². The van der Waals surface area contributed by atoms with E-state index in [-0.39, 0.29) is 18.1 Å². The Morgan fingerprint density at radius 1 is 1.50 bits per heavy atom. The number of aromatic nitrogens is 2. The summed E-state index contributed by atoms with van der Waals surface area (Å²) < 4.78 is 15.4. The Hall–Kier alpha value is -1.61. The zero-order valence-corrected chi connectivity index (χ0v) is 11.5. The lowest BCUT2D eigenvalue weighted by Gasteiger charge is -2.16. The van der Waals surface area contributed by atoms with Crippen LogP contribution in [0.4, 0.5) is 17.5 Å². The van der Waals surface area contributed by atoms with Gasteiger partial charge in [0, 0.05) is 13.2 Å². The minimum Gasteiger partial charge on any atom is -0.369 e. The van der Waals surface area contributed by atoms with Crippen LogP contribution in [0, 0.1) is 0 Å². The first kappa shape index (κ1) is 14.8. The van der Waals surface area contributed by atoms with Crippen LogP contribution < -0.4 is 21.5 Å². The second-order valence-electron chi connectivity index (χ2n) is 4.30. The average molecular weight is 305 g/mol. The molecule has 1 aliphatic heterocycles. The summed E-state index contributed by atoms with van der Waals surface area (Å²) >= 11 is 0. The maximum absolute atomic E-state index is 11.6. The Morgan fingerprint density at radius 2 is 2.25 bits per heavy atom. The smallest absolute Gasteiger partial charge is 0.350 e. The van der Waals surface area contributed by atoms with Crippen LogP contribution in [0.2, 0.25) is 0 Å². The van der Waals surface area contributed by atoms with E-state index >= 15 is 0 Å². The summed E-state index contributed by atoms with van der Waals surface area (Å²) in [5.74, 6) is 0.515. The van der Waals surface area contributed by atoms with Crippen molar-refractivity contribution in [3.63, 3.8) is 0 Å². The van der Waals surface area contributed by atoms with Crippen LogP contribution in [0.1, 0.15) is 6.42 Å². The number of nitrogens with one attached hydrogen (secondary N) is 2. The van der Waals surface area contributed by atoms with Crippen molar-refractivity contribution < 1.29 is 19.1 Å². The molecule has 0 amide bonds. The van der Waals surface area contributed by atoms with Crippen molar-refractivity contribution in [1.29, 1.82) is 0 Å². The van der Waals surface area contributed by atoms with Crippen molar-refractivity contribution in [2.24, 2.45) is 0 Å². The van der Waals surface area contributed by atoms with Gasteiger partial charge in [0.05, 0.1) is 6.67 Å². The summed E-state index contributed by atoms with van der Waals surface area (Å²) in [6.07, 6.45) is -0.0534. The lowest BCUT2D eigenvalue weighted by molar-refractivity contribution is 0.155. The Morgan fingerprint density at radius 3 is 2.95 bits per heavy atom. The third-order valence-electron chi connectivity index (χ3n) is 2.64. The monoisotopic (exact) mass is 305 g/mol. The van der Waals surface area contributed by atoms with E-state index < -0.39 is 13.9 Å². The number of hydrogen-bond donors (Lipinski definition) is 5. The molecule has 1 aliphatic rings. The minimum atomic E-state index is -4.12. The fourth-order valence-electron chi connectivity index (χ4n) is 1.84. The molecular weight excluding hydrogens is 289 g/mol. The average Bonchev–Trinajstić information content (AvgIpc) is 2.70. The highest BCUT2D eigenvalue weighted by atomic mass is 31.2. The van der Waals surface area contributed by atoms with Crippen molar-refractivity contribution in [2.75, 3.05) is 42.1 Å². The van der Waals surface area contributed by atoms with Gasteiger partial charge in [-0.2, -0.15) is 4.98 Å². The van der Waals surface area contributed by atoms with Crippen LogP contribution in [0.5, 0.6) is 0 Å². The topological polar surface area (TPSA) is 154 Å². The first-order valence-corrected chi connectivity index (χ1v) is 7.67. The molecule has 1 aromatic heterocycles. The first-order chi connectivity index (χ1) is 9.37. The summed E-state index contributed by atoms with van der Waals surface area (Å²) in [5.41, 5.74) is 5.53. The van der Waals surface area contributed by atoms with Crippen molar-refractivity contribution >= 4 is 25.0 Å². The highest BCUT2D eigenvalue weighted by Crippen LogP contribution is 2.33. The first-order valence-electron chi connectivity index (χ1n) is 5.88. The third-order valence-corrected chi connectivity index (χ3v) is 3.16. The second kappa shape index (κ2) is 5.80. The van der Waals surface area contributed by atoms with Crippen molar-refractivity contribution in [1.82, 2.24) is 9.97 Å². The van der Waals surface area contributed by atoms with E-state index in [1.54, 1.807) is 0 Å². The predicted octanol–water partition coefficient (Wildman–Crippen LogP) is -0.917. The van der Waals surface area contributed by atoms with Gasteiger partial charge in [-0.3, -0.25) is 14.3 Å². The summed E-state index contributed by atoms with van der Waals surface area (Å²) in [6.45, 7) is 1.15. The standard InChI is InChI=1S/C9H16N5O5P/c10-9-12-7-6(8(15)13-9)11-4-14(7)2-1-3-19-5-20(16,17)18/h11H,1-5H2,(H2,16,17,18)(H3,10,12,13,15). The molecule has 2 heterocycles. The SMILES string of the molecule is Nc1nc2c(c(=O)[nH]1)NCN2CCCOCP(=O)(O)O. The summed E-state index contributed by atoms with van der Waals surface area (Å²) in [6, 6.07) is 0. The number of fused-ring (bicyclic) bond motifs is 1. The van der Waals surface area contributed by atoms with Crippen LogP contribution in [0.3, 0.4) is 0 Å². The summed E-state index contributed by atoms with van der Waals surface area (Å²) in [4.78, 5) is 37.1. The number of anilines is 3. The maximum Gasteiger partial charge on any atom is 0.350 e. The number of H-pyrrole nitrogens is 1. The lowest BCUT2D eigenvalue weighted by atomic mass is 10.4. The van der Waals surface area contributed by atoms with Crippen LogP contribution in [0.15, 0.2) is 4.79 Å². The molecular formula is C9H16N5O5P. The Balaban J connectivity index is 1.86. The number of rotatable bonds is 6. The highest BCUT2D eigenvalue weighted by Gasteiger charge is 2.23. The van der Waals surface area contributed by atoms with E-state index in [0.29, 0.717) is 31.1 Å². The fourth-order valence-corrected chi connectivity index (χ4v) is 2.21. The summed E-state index contributed by atoms with van der Waals surface area (Å²) in [5, 5.41) is 2.91. The molecule has 0 unspecified atom stereocenters. The minimum absolute atomic E-state index is 0.0419. The number of aromatic amines is 1. The fraction of sp³-hybridized carbons (Fsp3) is 0.556. The molecule has 6 N–H and O–H groups in total. The zero-order chi connectivity index (χ0) is 14.8. The van der Waals surface area contributed by atoms with Gasteiger partial charge in [0.25, 0.3) is 5.56 Å². The molecule has 11 heteroatoms. The van der Waals surface area contributed by atoms with Gasteiger partial charge in [-0.1, -0.05) is 0 Å². The summed E-state index contributed by atoms with van der Waals surface area (Å²) in [7, 11) is -4.12. The molecule has 0 saturated heterocycles. The molecule has 112 valence electrons. The third kappa shape index (κ3) is 3.70. The zero-order valence-electron chi connectivity index (χ0n) is 10.6. The van der Waals surface area contributed by atoms with E-state index in [1.807, 2.05) is 4.90 Å². The number of nitrogen functional groups attached to an aromatic ring is 1. The Kier molecular flexibility index (Phi) is 4.29. The number of nitrogens with zero attached hydrogens (tertiary/aromatic N) is 2. The van der Waals surface area contributed by atoms with Gasteiger partial charge in [-0.05, 0) is 6.42 Å². The van der Waals surface area contributed by atoms with Gasteiger partial charge in [0.15, 0.2) is 5.82 Å². The molecule has 1 aromatic rings. The van der Waals surface area contributed by atoms with Crippen LogP contribution in [-0.2, 0) is 9.30 Å². The number of nitrogens with two attached hydrogens (primary N) is 1. The molecule has 10 nitrogen and oxygen atoms in total. The van der Waals surface area contributed by atoms with E-state index in [1.165, 1.54) is 0 Å². The Bertz CT molecular complexity index is 585. The molecule has 0 radical (unpaired) electrons. The molecule has 0 saturated carbocycles. The second-order valence-corrected chi connectivity index (χ2v) is 5.89. The predicted molar refractivity (Wildman–Crippen MR) is 72.6 cm³/mol. The molecule has 0 bridgehead atoms. The molecule has 0 fully saturated rings. The van der Waals surface area contributed by atoms with Crippen molar-refractivity contribution in [3.8, 4) is 0 Å².